The Balaban J connectivity index is 3.50. The van der Waals surface area contributed by atoms with Crippen LogP contribution in [0.2, 0.25) is 0 Å². The lowest BCUT2D eigenvalue weighted by molar-refractivity contribution is -0.150. The molecule has 5 heteroatoms. The molecule has 1 unspecified atom stereocenters. The van der Waals surface area contributed by atoms with E-state index < -0.39 is 5.97 Å². The van der Waals surface area contributed by atoms with Crippen molar-refractivity contribution >= 4 is 27.9 Å². The molecule has 0 saturated carbocycles. The van der Waals surface area contributed by atoms with Crippen LogP contribution in [0.4, 0.5) is 0 Å². The number of unbranched alkanes of at least 4 members (excludes halogenated alkanes) is 2. The molecule has 0 fully saturated rings. The zero-order valence-corrected chi connectivity index (χ0v) is 11.2. The van der Waals surface area contributed by atoms with Crippen molar-refractivity contribution < 1.29 is 19.4 Å². The van der Waals surface area contributed by atoms with Crippen LogP contribution in [0.3, 0.4) is 0 Å². The summed E-state index contributed by atoms with van der Waals surface area (Å²) in [5.74, 6) is -1.09. The third kappa shape index (κ3) is 9.96. The van der Waals surface area contributed by atoms with E-state index >= 15 is 0 Å². The molecule has 0 saturated heterocycles. The topological polar surface area (TPSA) is 63.6 Å². The van der Waals surface area contributed by atoms with Gasteiger partial charge in [-0.05, 0) is 26.2 Å². The number of hydrogen-bond acceptors (Lipinski definition) is 3. The van der Waals surface area contributed by atoms with Crippen molar-refractivity contribution in [1.29, 1.82) is 0 Å². The lowest BCUT2D eigenvalue weighted by Crippen LogP contribution is -2.16. The van der Waals surface area contributed by atoms with Gasteiger partial charge in [-0.3, -0.25) is 9.59 Å². The van der Waals surface area contributed by atoms with Crippen LogP contribution in [-0.4, -0.2) is 28.5 Å². The quantitative estimate of drug-likeness (QED) is 0.403. The molecule has 0 aromatic heterocycles. The van der Waals surface area contributed by atoms with Gasteiger partial charge in [0.05, 0.1) is 6.10 Å². The van der Waals surface area contributed by atoms with Crippen molar-refractivity contribution in [3.63, 3.8) is 0 Å². The second-order valence-corrected chi connectivity index (χ2v) is 4.53. The van der Waals surface area contributed by atoms with E-state index in [-0.39, 0.29) is 18.5 Å². The lowest BCUT2D eigenvalue weighted by Gasteiger charge is -2.11. The summed E-state index contributed by atoms with van der Waals surface area (Å²) in [4.78, 5) is 21.6. The monoisotopic (exact) mass is 294 g/mol. The van der Waals surface area contributed by atoms with Gasteiger partial charge in [0.25, 0.3) is 0 Å². The molecule has 0 radical (unpaired) electrons. The predicted octanol–water partition coefficient (Wildman–Crippen LogP) is 2.74. The minimum atomic E-state index is -0.861. The van der Waals surface area contributed by atoms with Crippen LogP contribution in [0, 0.1) is 0 Å². The van der Waals surface area contributed by atoms with Crippen molar-refractivity contribution in [3.8, 4) is 0 Å². The fourth-order valence-electron chi connectivity index (χ4n) is 1.21. The molecular weight excluding hydrogens is 276 g/mol. The van der Waals surface area contributed by atoms with Gasteiger partial charge in [-0.15, -0.1) is 0 Å². The minimum absolute atomic E-state index is 0.0397. The Morgan fingerprint density at radius 3 is 2.50 bits per heavy atom. The van der Waals surface area contributed by atoms with E-state index in [1.54, 1.807) is 6.92 Å². The highest BCUT2D eigenvalue weighted by Gasteiger charge is 2.10. The first kappa shape index (κ1) is 15.4. The summed E-state index contributed by atoms with van der Waals surface area (Å²) >= 11 is 3.32. The second-order valence-electron chi connectivity index (χ2n) is 3.73. The zero-order valence-electron chi connectivity index (χ0n) is 9.58. The third-order valence-electron chi connectivity index (χ3n) is 2.11. The summed E-state index contributed by atoms with van der Waals surface area (Å²) in [6.45, 7) is 1.72. The number of carbonyl (C=O) groups is 2. The number of carboxylic acid groups (broad SMARTS) is 1. The fourth-order valence-corrected chi connectivity index (χ4v) is 1.61. The summed E-state index contributed by atoms with van der Waals surface area (Å²) in [5, 5.41) is 9.41. The Morgan fingerprint density at radius 1 is 1.25 bits per heavy atom. The standard InChI is InChI=1S/C11H19BrO4/c1-9(6-7-10(13)14)16-11(15)5-3-2-4-8-12/h9H,2-8H2,1H3,(H,13,14). The summed E-state index contributed by atoms with van der Waals surface area (Å²) in [5.41, 5.74) is 0. The first-order valence-corrected chi connectivity index (χ1v) is 6.65. The van der Waals surface area contributed by atoms with Gasteiger partial charge in [0.15, 0.2) is 0 Å². The van der Waals surface area contributed by atoms with Crippen LogP contribution < -0.4 is 0 Å². The molecule has 0 amide bonds. The first-order chi connectivity index (χ1) is 7.56. The Bertz CT molecular complexity index is 218. The average molecular weight is 295 g/mol. The van der Waals surface area contributed by atoms with E-state index in [0.29, 0.717) is 12.8 Å². The van der Waals surface area contributed by atoms with Gasteiger partial charge >= 0.3 is 11.9 Å². The molecule has 0 aliphatic rings. The van der Waals surface area contributed by atoms with Gasteiger partial charge in [-0.2, -0.15) is 0 Å². The fraction of sp³-hybridized carbons (Fsp3) is 0.818. The van der Waals surface area contributed by atoms with Gasteiger partial charge in [0, 0.05) is 18.2 Å². The maximum atomic E-state index is 11.3. The molecule has 94 valence electrons. The normalized spacial score (nSPS) is 12.1. The number of alkyl halides is 1. The van der Waals surface area contributed by atoms with E-state index in [9.17, 15) is 9.59 Å². The summed E-state index contributed by atoms with van der Waals surface area (Å²) in [6.07, 6.45) is 3.42. The Hall–Kier alpha value is -0.580. The van der Waals surface area contributed by atoms with Gasteiger partial charge in [0.2, 0.25) is 0 Å². The minimum Gasteiger partial charge on any atom is -0.481 e. The lowest BCUT2D eigenvalue weighted by atomic mass is 10.2. The van der Waals surface area contributed by atoms with E-state index in [4.69, 9.17) is 9.84 Å². The third-order valence-corrected chi connectivity index (χ3v) is 2.67. The molecule has 1 N–H and O–H groups in total. The van der Waals surface area contributed by atoms with Crippen molar-refractivity contribution in [2.75, 3.05) is 5.33 Å². The molecule has 0 spiro atoms. The van der Waals surface area contributed by atoms with E-state index in [1.807, 2.05) is 0 Å². The molecule has 0 rings (SSSR count). The molecule has 0 aromatic rings. The second kappa shape index (κ2) is 9.63. The van der Waals surface area contributed by atoms with Crippen LogP contribution in [0.1, 0.15) is 45.4 Å². The van der Waals surface area contributed by atoms with Crippen LogP contribution in [0.15, 0.2) is 0 Å². The Labute approximate surface area is 104 Å². The maximum Gasteiger partial charge on any atom is 0.306 e. The Kier molecular flexibility index (Phi) is 9.28. The molecule has 16 heavy (non-hydrogen) atoms. The SMILES string of the molecule is CC(CCC(=O)O)OC(=O)CCCCCBr. The van der Waals surface area contributed by atoms with Gasteiger partial charge in [-0.25, -0.2) is 0 Å². The number of rotatable bonds is 9. The summed E-state index contributed by atoms with van der Waals surface area (Å²) in [6, 6.07) is 0. The van der Waals surface area contributed by atoms with E-state index in [2.05, 4.69) is 15.9 Å². The summed E-state index contributed by atoms with van der Waals surface area (Å²) in [7, 11) is 0. The number of ether oxygens (including phenoxy) is 1. The number of carbonyl (C=O) groups excluding carboxylic acids is 1. The smallest absolute Gasteiger partial charge is 0.306 e. The molecule has 0 aliphatic carbocycles. The van der Waals surface area contributed by atoms with Gasteiger partial charge < -0.3 is 9.84 Å². The number of hydrogen-bond donors (Lipinski definition) is 1. The van der Waals surface area contributed by atoms with Crippen molar-refractivity contribution in [2.24, 2.45) is 0 Å². The van der Waals surface area contributed by atoms with E-state index in [1.165, 1.54) is 0 Å². The van der Waals surface area contributed by atoms with Crippen LogP contribution in [0.25, 0.3) is 0 Å². The molecule has 4 nitrogen and oxygen atoms in total. The van der Waals surface area contributed by atoms with Crippen LogP contribution in [0.5, 0.6) is 0 Å². The molecule has 0 aromatic carbocycles. The van der Waals surface area contributed by atoms with E-state index in [0.717, 1.165) is 24.6 Å². The molecule has 0 heterocycles. The maximum absolute atomic E-state index is 11.3. The number of carboxylic acids is 1. The molecular formula is C11H19BrO4. The highest BCUT2D eigenvalue weighted by Crippen LogP contribution is 2.07. The molecule has 1 atom stereocenters. The zero-order chi connectivity index (χ0) is 12.4. The van der Waals surface area contributed by atoms with Crippen molar-refractivity contribution in [3.05, 3.63) is 0 Å². The van der Waals surface area contributed by atoms with Crippen molar-refractivity contribution in [1.82, 2.24) is 0 Å². The first-order valence-electron chi connectivity index (χ1n) is 5.53. The van der Waals surface area contributed by atoms with Crippen molar-refractivity contribution in [2.45, 2.75) is 51.6 Å². The number of esters is 1. The highest BCUT2D eigenvalue weighted by atomic mass is 79.9. The Morgan fingerprint density at radius 2 is 1.94 bits per heavy atom. The molecule has 0 aliphatic heterocycles. The highest BCUT2D eigenvalue weighted by molar-refractivity contribution is 9.09. The summed E-state index contributed by atoms with van der Waals surface area (Å²) < 4.78 is 5.07. The van der Waals surface area contributed by atoms with Crippen LogP contribution in [-0.2, 0) is 14.3 Å². The largest absolute Gasteiger partial charge is 0.481 e. The predicted molar refractivity (Wildman–Crippen MR) is 64.7 cm³/mol. The van der Waals surface area contributed by atoms with Gasteiger partial charge in [0.1, 0.15) is 0 Å². The molecule has 0 bridgehead atoms. The van der Waals surface area contributed by atoms with Crippen LogP contribution >= 0.6 is 15.9 Å². The number of halogens is 1. The van der Waals surface area contributed by atoms with Gasteiger partial charge in [-0.1, -0.05) is 22.4 Å². The average Bonchev–Trinajstić information content (AvgIpc) is 2.21. The number of aliphatic carboxylic acids is 1.